The minimum absolute atomic E-state index is 0.0292. The van der Waals surface area contributed by atoms with Gasteiger partial charge in [0.2, 0.25) is 10.0 Å². The average molecular weight is 434 g/mol. The van der Waals surface area contributed by atoms with Crippen molar-refractivity contribution in [2.75, 3.05) is 44.8 Å². The maximum atomic E-state index is 12.7. The zero-order valence-corrected chi connectivity index (χ0v) is 16.9. The molecule has 1 aromatic rings. The first kappa shape index (κ1) is 22.6. The monoisotopic (exact) mass is 433 g/mol. The predicted octanol–water partition coefficient (Wildman–Crippen LogP) is 0.578. The third-order valence-corrected chi connectivity index (χ3v) is 6.34. The van der Waals surface area contributed by atoms with E-state index in [0.29, 0.717) is 32.6 Å². The van der Waals surface area contributed by atoms with Crippen molar-refractivity contribution < 1.29 is 27.9 Å². The van der Waals surface area contributed by atoms with Gasteiger partial charge < -0.3 is 20.5 Å². The number of aliphatic hydroxyl groups excluding tert-OH is 1. The van der Waals surface area contributed by atoms with Gasteiger partial charge >= 0.3 is 11.8 Å². The second-order valence-corrected chi connectivity index (χ2v) is 8.50. The number of hydrogen-bond acceptors (Lipinski definition) is 6. The third-order valence-electron chi connectivity index (χ3n) is 4.12. The van der Waals surface area contributed by atoms with E-state index in [1.807, 2.05) is 0 Å². The smallest absolute Gasteiger partial charge is 0.313 e. The molecule has 0 saturated carbocycles. The van der Waals surface area contributed by atoms with Crippen LogP contribution in [0.25, 0.3) is 0 Å². The zero-order chi connectivity index (χ0) is 20.6. The number of benzene rings is 1. The molecule has 1 aliphatic rings. The van der Waals surface area contributed by atoms with E-state index in [1.54, 1.807) is 0 Å². The Labute approximate surface area is 169 Å². The van der Waals surface area contributed by atoms with Crippen molar-refractivity contribution in [3.63, 3.8) is 0 Å². The number of morpholine rings is 1. The fourth-order valence-corrected chi connectivity index (χ4v) is 4.17. The first-order chi connectivity index (χ1) is 13.4. The van der Waals surface area contributed by atoms with Crippen LogP contribution in [0.15, 0.2) is 23.1 Å². The fourth-order valence-electron chi connectivity index (χ4n) is 2.57. The van der Waals surface area contributed by atoms with E-state index in [4.69, 9.17) is 21.4 Å². The van der Waals surface area contributed by atoms with E-state index < -0.39 is 21.8 Å². The molecular formula is C17H24ClN3O6S. The van der Waals surface area contributed by atoms with Crippen molar-refractivity contribution in [1.29, 1.82) is 0 Å². The average Bonchev–Trinajstić information content (AvgIpc) is 2.69. The Morgan fingerprint density at radius 1 is 1.14 bits per heavy atom. The van der Waals surface area contributed by atoms with Gasteiger partial charge in [-0.2, -0.15) is 4.31 Å². The quantitative estimate of drug-likeness (QED) is 0.406. The number of nitrogens with zero attached hydrogens (tertiary/aromatic N) is 1. The van der Waals surface area contributed by atoms with E-state index >= 15 is 0 Å². The molecule has 1 fully saturated rings. The number of sulfonamides is 1. The van der Waals surface area contributed by atoms with E-state index in [1.165, 1.54) is 22.5 Å². The number of aliphatic hydroxyl groups is 1. The fraction of sp³-hybridized carbons (Fsp3) is 0.529. The summed E-state index contributed by atoms with van der Waals surface area (Å²) in [4.78, 5) is 23.9. The summed E-state index contributed by atoms with van der Waals surface area (Å²) in [6.07, 6.45) is 1.99. The standard InChI is InChI=1S/C17H24ClN3O6S/c18-14-5-4-13(28(25,26)21-7-10-27-11-8-21)12-15(14)20-17(24)16(23)19-6-2-1-3-9-22/h4-5,12,22H,1-3,6-11H2,(H,19,23)(H,20,24). The number of halogens is 1. The summed E-state index contributed by atoms with van der Waals surface area (Å²) in [7, 11) is -3.76. The molecule has 1 aromatic carbocycles. The molecular weight excluding hydrogens is 410 g/mol. The molecule has 9 nitrogen and oxygen atoms in total. The minimum Gasteiger partial charge on any atom is -0.396 e. The summed E-state index contributed by atoms with van der Waals surface area (Å²) in [5.74, 6) is -1.79. The second-order valence-electron chi connectivity index (χ2n) is 6.15. The highest BCUT2D eigenvalue weighted by Gasteiger charge is 2.27. The number of amides is 2. The van der Waals surface area contributed by atoms with Crippen LogP contribution in [0.4, 0.5) is 5.69 Å². The van der Waals surface area contributed by atoms with Gasteiger partial charge in [-0.05, 0) is 37.5 Å². The Balaban J connectivity index is 2.02. The van der Waals surface area contributed by atoms with Gasteiger partial charge in [-0.3, -0.25) is 9.59 Å². The van der Waals surface area contributed by atoms with Crippen LogP contribution in [-0.4, -0.2) is 69.1 Å². The highest BCUT2D eigenvalue weighted by atomic mass is 35.5. The Morgan fingerprint density at radius 2 is 1.86 bits per heavy atom. The van der Waals surface area contributed by atoms with Crippen LogP contribution in [0.5, 0.6) is 0 Å². The van der Waals surface area contributed by atoms with Crippen LogP contribution in [0.2, 0.25) is 5.02 Å². The topological polar surface area (TPSA) is 125 Å². The molecule has 1 saturated heterocycles. The van der Waals surface area contributed by atoms with Crippen molar-refractivity contribution in [3.8, 4) is 0 Å². The largest absolute Gasteiger partial charge is 0.396 e. The van der Waals surface area contributed by atoms with E-state index in [2.05, 4.69) is 10.6 Å². The summed E-state index contributed by atoms with van der Waals surface area (Å²) < 4.78 is 31.9. The number of nitrogens with one attached hydrogen (secondary N) is 2. The summed E-state index contributed by atoms with van der Waals surface area (Å²) in [5, 5.41) is 13.6. The first-order valence-electron chi connectivity index (χ1n) is 8.93. The van der Waals surface area contributed by atoms with Crippen LogP contribution in [0.1, 0.15) is 19.3 Å². The molecule has 2 rings (SSSR count). The van der Waals surface area contributed by atoms with Crippen LogP contribution < -0.4 is 10.6 Å². The van der Waals surface area contributed by atoms with Crippen LogP contribution >= 0.6 is 11.6 Å². The number of carbonyl (C=O) groups is 2. The SMILES string of the molecule is O=C(NCCCCCO)C(=O)Nc1cc(S(=O)(=O)N2CCOCC2)ccc1Cl. The summed E-state index contributed by atoms with van der Waals surface area (Å²) in [5.41, 5.74) is 0.0384. The van der Waals surface area contributed by atoms with Gasteiger partial charge in [-0.1, -0.05) is 11.6 Å². The van der Waals surface area contributed by atoms with Gasteiger partial charge in [0.25, 0.3) is 0 Å². The molecule has 2 amide bonds. The first-order valence-corrected chi connectivity index (χ1v) is 10.8. The Hall–Kier alpha value is -1.72. The molecule has 0 spiro atoms. The highest BCUT2D eigenvalue weighted by molar-refractivity contribution is 7.89. The lowest BCUT2D eigenvalue weighted by Gasteiger charge is -2.26. The lowest BCUT2D eigenvalue weighted by Crippen LogP contribution is -2.40. The molecule has 1 heterocycles. The number of anilines is 1. The Kier molecular flexibility index (Phi) is 8.64. The normalized spacial score (nSPS) is 15.2. The van der Waals surface area contributed by atoms with Gasteiger partial charge in [0, 0.05) is 26.2 Å². The summed E-state index contributed by atoms with van der Waals surface area (Å²) in [6, 6.07) is 3.95. The molecule has 3 N–H and O–H groups in total. The molecule has 0 aromatic heterocycles. The van der Waals surface area contributed by atoms with Gasteiger partial charge in [0.15, 0.2) is 0 Å². The Morgan fingerprint density at radius 3 is 2.54 bits per heavy atom. The number of rotatable bonds is 8. The molecule has 0 radical (unpaired) electrons. The van der Waals surface area contributed by atoms with Crippen molar-refractivity contribution in [3.05, 3.63) is 23.2 Å². The minimum atomic E-state index is -3.76. The third kappa shape index (κ3) is 6.14. The number of hydrogen-bond donors (Lipinski definition) is 3. The van der Waals surface area contributed by atoms with Crippen molar-refractivity contribution in [1.82, 2.24) is 9.62 Å². The predicted molar refractivity (Wildman–Crippen MR) is 104 cm³/mol. The molecule has 0 aliphatic carbocycles. The summed E-state index contributed by atoms with van der Waals surface area (Å²) in [6.45, 7) is 1.49. The second kappa shape index (κ2) is 10.7. The van der Waals surface area contributed by atoms with Crippen LogP contribution in [-0.2, 0) is 24.3 Å². The molecule has 11 heteroatoms. The van der Waals surface area contributed by atoms with Gasteiger partial charge in [-0.15, -0.1) is 0 Å². The lowest BCUT2D eigenvalue weighted by molar-refractivity contribution is -0.136. The van der Waals surface area contributed by atoms with Gasteiger partial charge in [0.1, 0.15) is 0 Å². The maximum absolute atomic E-state index is 12.7. The molecule has 1 aliphatic heterocycles. The maximum Gasteiger partial charge on any atom is 0.313 e. The van der Waals surface area contributed by atoms with E-state index in [-0.39, 0.29) is 35.3 Å². The van der Waals surface area contributed by atoms with Crippen molar-refractivity contribution >= 4 is 39.1 Å². The molecule has 0 unspecified atom stereocenters. The summed E-state index contributed by atoms with van der Waals surface area (Å²) >= 11 is 6.04. The number of carbonyl (C=O) groups excluding carboxylic acids is 2. The number of ether oxygens (including phenoxy) is 1. The molecule has 28 heavy (non-hydrogen) atoms. The number of unbranched alkanes of at least 4 members (excludes halogenated alkanes) is 2. The lowest BCUT2D eigenvalue weighted by atomic mass is 10.2. The van der Waals surface area contributed by atoms with E-state index in [9.17, 15) is 18.0 Å². The molecule has 0 bridgehead atoms. The van der Waals surface area contributed by atoms with Gasteiger partial charge in [-0.25, -0.2) is 8.42 Å². The highest BCUT2D eigenvalue weighted by Crippen LogP contribution is 2.27. The molecule has 0 atom stereocenters. The van der Waals surface area contributed by atoms with Crippen molar-refractivity contribution in [2.45, 2.75) is 24.2 Å². The van der Waals surface area contributed by atoms with Crippen LogP contribution in [0, 0.1) is 0 Å². The molecule has 156 valence electrons. The Bertz CT molecular complexity index is 796. The van der Waals surface area contributed by atoms with Crippen LogP contribution in [0.3, 0.4) is 0 Å². The van der Waals surface area contributed by atoms with E-state index in [0.717, 1.165) is 6.42 Å². The van der Waals surface area contributed by atoms with Crippen molar-refractivity contribution in [2.24, 2.45) is 0 Å². The zero-order valence-electron chi connectivity index (χ0n) is 15.3. The van der Waals surface area contributed by atoms with Gasteiger partial charge in [0.05, 0.1) is 28.8 Å².